The largest absolute Gasteiger partial charge is 0.439 e. The van der Waals surface area contributed by atoms with Gasteiger partial charge >= 0.3 is 0 Å². The minimum Gasteiger partial charge on any atom is -0.439 e. The number of aromatic nitrogens is 2. The Bertz CT molecular complexity index is 558. The Morgan fingerprint density at radius 2 is 2.05 bits per heavy atom. The number of aryl methyl sites for hydroxylation is 1. The van der Waals surface area contributed by atoms with E-state index in [1.54, 1.807) is 0 Å². The highest BCUT2D eigenvalue weighted by molar-refractivity contribution is 6.30. The van der Waals surface area contributed by atoms with Crippen LogP contribution in [0.4, 0.5) is 0 Å². The molecular weight excluding hydrogens is 260 g/mol. The molecule has 0 aliphatic heterocycles. The number of hydrogen-bond donors (Lipinski definition) is 0. The van der Waals surface area contributed by atoms with E-state index >= 15 is 0 Å². The molecule has 0 aliphatic rings. The van der Waals surface area contributed by atoms with Crippen molar-refractivity contribution in [3.63, 3.8) is 0 Å². The van der Waals surface area contributed by atoms with E-state index < -0.39 is 0 Å². The van der Waals surface area contributed by atoms with Gasteiger partial charge in [0, 0.05) is 0 Å². The van der Waals surface area contributed by atoms with E-state index in [4.69, 9.17) is 16.3 Å². The van der Waals surface area contributed by atoms with Crippen molar-refractivity contribution in [2.75, 3.05) is 0 Å². The molecule has 0 unspecified atom stereocenters. The summed E-state index contributed by atoms with van der Waals surface area (Å²) in [5, 5.41) is 0.471. The van der Waals surface area contributed by atoms with Crippen molar-refractivity contribution < 1.29 is 4.74 Å². The Labute approximate surface area is 118 Å². The molecule has 0 amide bonds. The maximum Gasteiger partial charge on any atom is 0.227 e. The topological polar surface area (TPSA) is 35.0 Å². The molecule has 0 saturated heterocycles. The first-order valence-corrected chi connectivity index (χ1v) is 6.88. The molecule has 4 heteroatoms. The molecule has 2 aromatic rings. The molecule has 0 fully saturated rings. The van der Waals surface area contributed by atoms with E-state index in [2.05, 4.69) is 29.9 Å². The number of nitrogens with zero attached hydrogens (tertiary/aromatic N) is 2. The average molecular weight is 277 g/mol. The van der Waals surface area contributed by atoms with Gasteiger partial charge in [-0.25, -0.2) is 9.97 Å². The zero-order chi connectivity index (χ0) is 13.7. The molecule has 1 aromatic carbocycles. The van der Waals surface area contributed by atoms with Crippen LogP contribution in [0.5, 0.6) is 11.6 Å². The molecule has 1 heterocycles. The van der Waals surface area contributed by atoms with Crippen LogP contribution in [0.25, 0.3) is 0 Å². The van der Waals surface area contributed by atoms with Gasteiger partial charge in [0.15, 0.2) is 0 Å². The smallest absolute Gasteiger partial charge is 0.227 e. The van der Waals surface area contributed by atoms with Crippen LogP contribution in [-0.4, -0.2) is 9.97 Å². The number of benzene rings is 1. The summed E-state index contributed by atoms with van der Waals surface area (Å²) in [5.41, 5.74) is 2.10. The zero-order valence-electron chi connectivity index (χ0n) is 11.2. The molecule has 1 aromatic heterocycles. The third-order valence-corrected chi connectivity index (χ3v) is 3.20. The summed E-state index contributed by atoms with van der Waals surface area (Å²) in [4.78, 5) is 8.20. The fourth-order valence-corrected chi connectivity index (χ4v) is 2.08. The van der Waals surface area contributed by atoms with Gasteiger partial charge in [-0.2, -0.15) is 0 Å². The van der Waals surface area contributed by atoms with E-state index in [0.717, 1.165) is 30.6 Å². The standard InChI is InChI=1S/C15H17ClN2O/c1-3-6-13-14(16)17-10-18-15(13)19-12-8-5-7-11(4-2)9-12/h5,7-10H,3-4,6H2,1-2H3. The van der Waals surface area contributed by atoms with Crippen molar-refractivity contribution in [3.05, 3.63) is 46.9 Å². The van der Waals surface area contributed by atoms with E-state index in [0.29, 0.717) is 11.0 Å². The zero-order valence-corrected chi connectivity index (χ0v) is 11.9. The van der Waals surface area contributed by atoms with Gasteiger partial charge in [0.05, 0.1) is 5.56 Å². The fraction of sp³-hybridized carbons (Fsp3) is 0.333. The molecule has 3 nitrogen and oxygen atoms in total. The lowest BCUT2D eigenvalue weighted by atomic mass is 10.1. The van der Waals surface area contributed by atoms with E-state index in [9.17, 15) is 0 Å². The Hall–Kier alpha value is -1.61. The number of ether oxygens (including phenoxy) is 1. The predicted molar refractivity (Wildman–Crippen MR) is 76.9 cm³/mol. The SMILES string of the molecule is CCCc1c(Cl)ncnc1Oc1cccc(CC)c1. The van der Waals surface area contributed by atoms with Crippen molar-refractivity contribution in [1.29, 1.82) is 0 Å². The van der Waals surface area contributed by atoms with Crippen LogP contribution in [-0.2, 0) is 12.8 Å². The van der Waals surface area contributed by atoms with Crippen LogP contribution in [0.2, 0.25) is 5.15 Å². The predicted octanol–water partition coefficient (Wildman–Crippen LogP) is 4.44. The lowest BCUT2D eigenvalue weighted by molar-refractivity contribution is 0.453. The van der Waals surface area contributed by atoms with Gasteiger partial charge < -0.3 is 4.74 Å². The lowest BCUT2D eigenvalue weighted by Crippen LogP contribution is -1.98. The molecule has 2 rings (SSSR count). The Morgan fingerprint density at radius 3 is 2.79 bits per heavy atom. The highest BCUT2D eigenvalue weighted by Crippen LogP contribution is 2.28. The second-order valence-corrected chi connectivity index (χ2v) is 4.66. The lowest BCUT2D eigenvalue weighted by Gasteiger charge is -2.10. The fourth-order valence-electron chi connectivity index (χ4n) is 1.86. The summed E-state index contributed by atoms with van der Waals surface area (Å²) in [5.74, 6) is 1.33. The van der Waals surface area contributed by atoms with Crippen LogP contribution in [0.3, 0.4) is 0 Å². The second-order valence-electron chi connectivity index (χ2n) is 4.30. The van der Waals surface area contributed by atoms with Crippen molar-refractivity contribution in [2.24, 2.45) is 0 Å². The first-order chi connectivity index (χ1) is 9.24. The van der Waals surface area contributed by atoms with Crippen LogP contribution in [0, 0.1) is 0 Å². The second kappa shape index (κ2) is 6.53. The Kier molecular flexibility index (Phi) is 4.74. The van der Waals surface area contributed by atoms with E-state index in [1.807, 2.05) is 18.2 Å². The molecule has 0 bridgehead atoms. The highest BCUT2D eigenvalue weighted by Gasteiger charge is 2.11. The molecule has 0 N–H and O–H groups in total. The molecule has 0 aliphatic carbocycles. The highest BCUT2D eigenvalue weighted by atomic mass is 35.5. The minimum absolute atomic E-state index is 0.471. The molecule has 19 heavy (non-hydrogen) atoms. The third-order valence-electron chi connectivity index (χ3n) is 2.87. The van der Waals surface area contributed by atoms with Gasteiger partial charge in [-0.15, -0.1) is 0 Å². The van der Waals surface area contributed by atoms with E-state index in [-0.39, 0.29) is 0 Å². The molecular formula is C15H17ClN2O. The van der Waals surface area contributed by atoms with Crippen molar-refractivity contribution in [3.8, 4) is 11.6 Å². The molecule has 0 atom stereocenters. The van der Waals surface area contributed by atoms with Crippen molar-refractivity contribution >= 4 is 11.6 Å². The Balaban J connectivity index is 2.29. The normalized spacial score (nSPS) is 10.5. The maximum atomic E-state index is 6.10. The number of halogens is 1. The van der Waals surface area contributed by atoms with Gasteiger partial charge in [0.2, 0.25) is 5.88 Å². The summed E-state index contributed by atoms with van der Waals surface area (Å²) in [6.45, 7) is 4.20. The molecule has 0 saturated carbocycles. The average Bonchev–Trinajstić information content (AvgIpc) is 2.43. The van der Waals surface area contributed by atoms with Crippen molar-refractivity contribution in [2.45, 2.75) is 33.1 Å². The monoisotopic (exact) mass is 276 g/mol. The van der Waals surface area contributed by atoms with Crippen LogP contribution >= 0.6 is 11.6 Å². The van der Waals surface area contributed by atoms with Gasteiger partial charge in [-0.3, -0.25) is 0 Å². The van der Waals surface area contributed by atoms with Crippen LogP contribution < -0.4 is 4.74 Å². The first-order valence-electron chi connectivity index (χ1n) is 6.50. The Morgan fingerprint density at radius 1 is 1.21 bits per heavy atom. The number of hydrogen-bond acceptors (Lipinski definition) is 3. The van der Waals surface area contributed by atoms with Gasteiger partial charge in [-0.1, -0.05) is 44.0 Å². The number of rotatable bonds is 5. The van der Waals surface area contributed by atoms with Gasteiger partial charge in [0.1, 0.15) is 17.2 Å². The van der Waals surface area contributed by atoms with E-state index in [1.165, 1.54) is 11.9 Å². The minimum atomic E-state index is 0.471. The maximum absolute atomic E-state index is 6.10. The molecule has 0 radical (unpaired) electrons. The first kappa shape index (κ1) is 13.8. The third kappa shape index (κ3) is 3.44. The summed E-state index contributed by atoms with van der Waals surface area (Å²) in [6, 6.07) is 8.00. The summed E-state index contributed by atoms with van der Waals surface area (Å²) >= 11 is 6.10. The summed E-state index contributed by atoms with van der Waals surface area (Å²) in [6.07, 6.45) is 4.19. The van der Waals surface area contributed by atoms with Crippen LogP contribution in [0.1, 0.15) is 31.4 Å². The van der Waals surface area contributed by atoms with Crippen molar-refractivity contribution in [1.82, 2.24) is 9.97 Å². The van der Waals surface area contributed by atoms with Gasteiger partial charge in [0.25, 0.3) is 0 Å². The summed E-state index contributed by atoms with van der Waals surface area (Å²) < 4.78 is 5.85. The molecule has 100 valence electrons. The van der Waals surface area contributed by atoms with Crippen LogP contribution in [0.15, 0.2) is 30.6 Å². The summed E-state index contributed by atoms with van der Waals surface area (Å²) in [7, 11) is 0. The molecule has 0 spiro atoms. The van der Waals surface area contributed by atoms with Gasteiger partial charge in [-0.05, 0) is 30.5 Å². The quantitative estimate of drug-likeness (QED) is 0.758.